The van der Waals surface area contributed by atoms with Crippen molar-refractivity contribution in [1.82, 2.24) is 5.32 Å². The highest BCUT2D eigenvalue weighted by Crippen LogP contribution is 2.28. The second-order valence-corrected chi connectivity index (χ2v) is 5.50. The quantitative estimate of drug-likeness (QED) is 0.839. The van der Waals surface area contributed by atoms with E-state index in [9.17, 15) is 0 Å². The minimum atomic E-state index is 0.441. The van der Waals surface area contributed by atoms with Crippen LogP contribution >= 0.6 is 0 Å². The van der Waals surface area contributed by atoms with Crippen molar-refractivity contribution >= 4 is 10.8 Å². The summed E-state index contributed by atoms with van der Waals surface area (Å²) in [6, 6.07) is 15.7. The van der Waals surface area contributed by atoms with Gasteiger partial charge in [-0.05, 0) is 48.6 Å². The average molecular weight is 239 g/mol. The van der Waals surface area contributed by atoms with Crippen LogP contribution in [0.15, 0.2) is 42.5 Å². The zero-order valence-corrected chi connectivity index (χ0v) is 11.0. The Kier molecular flexibility index (Phi) is 3.33. The second kappa shape index (κ2) is 5.11. The number of rotatable bonds is 4. The first-order valence-electron chi connectivity index (χ1n) is 7.05. The Morgan fingerprint density at radius 3 is 2.67 bits per heavy atom. The van der Waals surface area contributed by atoms with E-state index in [1.807, 2.05) is 0 Å². The molecule has 0 spiro atoms. The van der Waals surface area contributed by atoms with Crippen LogP contribution in [-0.2, 0) is 0 Å². The zero-order valence-electron chi connectivity index (χ0n) is 11.0. The summed E-state index contributed by atoms with van der Waals surface area (Å²) in [5.74, 6) is 0.919. The van der Waals surface area contributed by atoms with E-state index in [1.165, 1.54) is 42.1 Å². The molecule has 0 aliphatic heterocycles. The van der Waals surface area contributed by atoms with E-state index >= 15 is 0 Å². The van der Waals surface area contributed by atoms with Crippen molar-refractivity contribution in [2.24, 2.45) is 5.92 Å². The van der Waals surface area contributed by atoms with E-state index in [-0.39, 0.29) is 0 Å². The van der Waals surface area contributed by atoms with E-state index in [2.05, 4.69) is 54.7 Å². The molecular weight excluding hydrogens is 218 g/mol. The van der Waals surface area contributed by atoms with Crippen molar-refractivity contribution < 1.29 is 0 Å². The fourth-order valence-corrected chi connectivity index (χ4v) is 2.78. The first-order valence-corrected chi connectivity index (χ1v) is 7.05. The van der Waals surface area contributed by atoms with Crippen LogP contribution in [0.5, 0.6) is 0 Å². The van der Waals surface area contributed by atoms with E-state index in [0.717, 1.165) is 5.92 Å². The van der Waals surface area contributed by atoms with Gasteiger partial charge >= 0.3 is 0 Å². The van der Waals surface area contributed by atoms with Crippen LogP contribution in [0.3, 0.4) is 0 Å². The van der Waals surface area contributed by atoms with Gasteiger partial charge in [0.05, 0.1) is 0 Å². The Labute approximate surface area is 109 Å². The summed E-state index contributed by atoms with van der Waals surface area (Å²) < 4.78 is 0. The van der Waals surface area contributed by atoms with Crippen LogP contribution in [-0.4, -0.2) is 6.54 Å². The lowest BCUT2D eigenvalue weighted by atomic mass is 9.85. The van der Waals surface area contributed by atoms with Crippen molar-refractivity contribution in [2.45, 2.75) is 32.2 Å². The van der Waals surface area contributed by atoms with Crippen molar-refractivity contribution in [1.29, 1.82) is 0 Å². The number of hydrogen-bond acceptors (Lipinski definition) is 1. The van der Waals surface area contributed by atoms with E-state index in [1.54, 1.807) is 0 Å². The Bertz CT molecular complexity index is 523. The molecule has 1 saturated carbocycles. The van der Waals surface area contributed by atoms with Crippen LogP contribution in [0.4, 0.5) is 0 Å². The topological polar surface area (TPSA) is 12.0 Å². The third-order valence-corrected chi connectivity index (χ3v) is 4.23. The highest BCUT2D eigenvalue weighted by Gasteiger charge is 2.18. The van der Waals surface area contributed by atoms with E-state index in [0.29, 0.717) is 6.04 Å². The molecule has 1 unspecified atom stereocenters. The minimum Gasteiger partial charge on any atom is -0.310 e. The maximum Gasteiger partial charge on any atom is 0.0298 e. The van der Waals surface area contributed by atoms with Gasteiger partial charge in [-0.2, -0.15) is 0 Å². The second-order valence-electron chi connectivity index (χ2n) is 5.50. The van der Waals surface area contributed by atoms with Crippen LogP contribution in [0, 0.1) is 5.92 Å². The van der Waals surface area contributed by atoms with Crippen LogP contribution in [0.2, 0.25) is 0 Å². The van der Waals surface area contributed by atoms with Crippen LogP contribution in [0.25, 0.3) is 10.8 Å². The highest BCUT2D eigenvalue weighted by atomic mass is 14.9. The summed E-state index contributed by atoms with van der Waals surface area (Å²) >= 11 is 0. The molecule has 1 atom stereocenters. The fraction of sp³-hybridized carbons (Fsp3) is 0.412. The van der Waals surface area contributed by atoms with Gasteiger partial charge in [0.15, 0.2) is 0 Å². The maximum absolute atomic E-state index is 3.69. The lowest BCUT2D eigenvalue weighted by Gasteiger charge is -2.27. The van der Waals surface area contributed by atoms with Gasteiger partial charge in [-0.3, -0.25) is 0 Å². The molecule has 1 fully saturated rings. The normalized spacial score (nSPS) is 17.6. The molecule has 1 aliphatic carbocycles. The predicted octanol–water partition coefficient (Wildman–Crippen LogP) is 4.29. The summed E-state index contributed by atoms with van der Waals surface area (Å²) in [7, 11) is 0. The van der Waals surface area contributed by atoms with E-state index in [4.69, 9.17) is 0 Å². The Hall–Kier alpha value is -1.34. The van der Waals surface area contributed by atoms with Gasteiger partial charge in [-0.1, -0.05) is 48.9 Å². The van der Waals surface area contributed by atoms with Crippen molar-refractivity contribution in [3.63, 3.8) is 0 Å². The van der Waals surface area contributed by atoms with Crippen molar-refractivity contribution in [3.8, 4) is 0 Å². The number of hydrogen-bond donors (Lipinski definition) is 1. The van der Waals surface area contributed by atoms with Gasteiger partial charge in [-0.15, -0.1) is 0 Å². The standard InChI is InChI=1S/C17H21N/c1-13(18-12-14-6-4-7-14)16-11-5-9-15-8-2-3-10-17(15)16/h2-3,5,8-11,13-14,18H,4,6-7,12H2,1H3. The van der Waals surface area contributed by atoms with Crippen molar-refractivity contribution in [3.05, 3.63) is 48.0 Å². The van der Waals surface area contributed by atoms with Crippen LogP contribution in [0.1, 0.15) is 37.8 Å². The van der Waals surface area contributed by atoms with Gasteiger partial charge in [-0.25, -0.2) is 0 Å². The van der Waals surface area contributed by atoms with Gasteiger partial charge in [0.1, 0.15) is 0 Å². The molecule has 3 rings (SSSR count). The van der Waals surface area contributed by atoms with Gasteiger partial charge < -0.3 is 5.32 Å². The molecule has 2 aromatic carbocycles. The van der Waals surface area contributed by atoms with E-state index < -0.39 is 0 Å². The molecule has 94 valence electrons. The molecule has 1 N–H and O–H groups in total. The third-order valence-electron chi connectivity index (χ3n) is 4.23. The molecule has 1 aliphatic rings. The molecule has 0 aromatic heterocycles. The molecule has 0 heterocycles. The molecule has 0 saturated heterocycles. The monoisotopic (exact) mass is 239 g/mol. The average Bonchev–Trinajstić information content (AvgIpc) is 2.36. The summed E-state index contributed by atoms with van der Waals surface area (Å²) in [5.41, 5.74) is 1.42. The number of benzene rings is 2. The summed E-state index contributed by atoms with van der Waals surface area (Å²) in [6.07, 6.45) is 4.25. The van der Waals surface area contributed by atoms with Crippen molar-refractivity contribution in [2.75, 3.05) is 6.54 Å². The SMILES string of the molecule is CC(NCC1CCC1)c1cccc2ccccc12. The first kappa shape index (κ1) is 11.7. The minimum absolute atomic E-state index is 0.441. The zero-order chi connectivity index (χ0) is 12.4. The Morgan fingerprint density at radius 1 is 1.11 bits per heavy atom. The lowest BCUT2D eigenvalue weighted by molar-refractivity contribution is 0.292. The Morgan fingerprint density at radius 2 is 1.89 bits per heavy atom. The smallest absolute Gasteiger partial charge is 0.0298 e. The highest BCUT2D eigenvalue weighted by molar-refractivity contribution is 5.86. The third kappa shape index (κ3) is 2.28. The lowest BCUT2D eigenvalue weighted by Crippen LogP contribution is -2.29. The fourth-order valence-electron chi connectivity index (χ4n) is 2.78. The van der Waals surface area contributed by atoms with Gasteiger partial charge in [0.2, 0.25) is 0 Å². The predicted molar refractivity (Wildman–Crippen MR) is 77.7 cm³/mol. The maximum atomic E-state index is 3.69. The van der Waals surface area contributed by atoms with Crippen LogP contribution < -0.4 is 5.32 Å². The number of nitrogens with one attached hydrogen (secondary N) is 1. The molecule has 2 aromatic rings. The summed E-state index contributed by atoms with van der Waals surface area (Å²) in [5, 5.41) is 6.42. The molecule has 0 amide bonds. The Balaban J connectivity index is 1.79. The molecule has 1 nitrogen and oxygen atoms in total. The summed E-state index contributed by atoms with van der Waals surface area (Å²) in [6.45, 7) is 3.45. The van der Waals surface area contributed by atoms with Gasteiger partial charge in [0, 0.05) is 6.04 Å². The molecule has 0 radical (unpaired) electrons. The molecule has 1 heteroatoms. The molecular formula is C17H21N. The summed E-state index contributed by atoms with van der Waals surface area (Å²) in [4.78, 5) is 0. The number of fused-ring (bicyclic) bond motifs is 1. The van der Waals surface area contributed by atoms with Gasteiger partial charge in [0.25, 0.3) is 0 Å². The first-order chi connectivity index (χ1) is 8.84. The molecule has 0 bridgehead atoms. The largest absolute Gasteiger partial charge is 0.310 e. The molecule has 18 heavy (non-hydrogen) atoms.